The molecule has 3 N–H and O–H groups in total. The van der Waals surface area contributed by atoms with E-state index in [4.69, 9.17) is 5.11 Å². The zero-order valence-electron chi connectivity index (χ0n) is 12.3. The van der Waals surface area contributed by atoms with Crippen LogP contribution in [0, 0.1) is 0 Å². The van der Waals surface area contributed by atoms with Crippen molar-refractivity contribution in [3.05, 3.63) is 71.8 Å². The van der Waals surface area contributed by atoms with Crippen LogP contribution in [0.3, 0.4) is 0 Å². The van der Waals surface area contributed by atoms with E-state index in [-0.39, 0.29) is 5.78 Å². The van der Waals surface area contributed by atoms with Gasteiger partial charge in [-0.25, -0.2) is 4.79 Å². The molecule has 1 unspecified atom stereocenters. The van der Waals surface area contributed by atoms with E-state index in [0.717, 1.165) is 0 Å². The maximum Gasteiger partial charge on any atom is 0.404 e. The molecule has 2 aromatic carbocycles. The first-order valence-corrected chi connectivity index (χ1v) is 6.85. The van der Waals surface area contributed by atoms with Gasteiger partial charge in [-0.1, -0.05) is 60.7 Å². The monoisotopic (exact) mass is 301 g/mol. The minimum absolute atomic E-state index is 0.271. The van der Waals surface area contributed by atoms with E-state index in [0.29, 0.717) is 17.7 Å². The van der Waals surface area contributed by atoms with Gasteiger partial charge in [-0.15, -0.1) is 0 Å². The zero-order chi connectivity index (χ0) is 16.4. The van der Waals surface area contributed by atoms with Crippen LogP contribution >= 0.6 is 0 Å². The summed E-state index contributed by atoms with van der Waals surface area (Å²) in [5.74, 6) is -0.271. The number of amides is 1. The van der Waals surface area contributed by atoms with Crippen LogP contribution in [0.1, 0.15) is 28.9 Å². The lowest BCUT2D eigenvalue weighted by atomic mass is 10.0. The highest BCUT2D eigenvalue weighted by Crippen LogP contribution is 2.17. The largest absolute Gasteiger partial charge is 0.465 e. The molecule has 0 spiro atoms. The third-order valence-corrected chi connectivity index (χ3v) is 2.75. The summed E-state index contributed by atoms with van der Waals surface area (Å²) < 4.78 is 0. The summed E-state index contributed by atoms with van der Waals surface area (Å²) >= 11 is 0. The summed E-state index contributed by atoms with van der Waals surface area (Å²) in [6, 6.07) is 17.7. The number of carbonyl (C=O) groups excluding carboxylic acids is 1. The molecule has 0 saturated carbocycles. The van der Waals surface area contributed by atoms with E-state index in [1.54, 1.807) is 55.5 Å². The normalized spacial score (nSPS) is 10.8. The Balaban J connectivity index is 0.000000346. The summed E-state index contributed by atoms with van der Waals surface area (Å²) in [5, 5.41) is 19.8. The van der Waals surface area contributed by atoms with Crippen molar-refractivity contribution >= 4 is 11.9 Å². The molecule has 2 aromatic rings. The molecule has 0 heterocycles. The number of hydrogen-bond acceptors (Lipinski definition) is 3. The molecular formula is C17H19NO4. The predicted octanol–water partition coefficient (Wildman–Crippen LogP) is 2.88. The molecule has 0 aliphatic carbocycles. The Morgan fingerprint density at radius 3 is 1.91 bits per heavy atom. The van der Waals surface area contributed by atoms with Gasteiger partial charge in [0.25, 0.3) is 0 Å². The van der Waals surface area contributed by atoms with E-state index >= 15 is 0 Å². The summed E-state index contributed by atoms with van der Waals surface area (Å²) in [4.78, 5) is 21.4. The van der Waals surface area contributed by atoms with Crippen LogP contribution in [0.4, 0.5) is 4.79 Å². The fourth-order valence-corrected chi connectivity index (χ4v) is 1.70. The van der Waals surface area contributed by atoms with Crippen molar-refractivity contribution in [2.45, 2.75) is 13.0 Å². The summed E-state index contributed by atoms with van der Waals surface area (Å²) in [6.45, 7) is 2.21. The van der Waals surface area contributed by atoms with Crippen molar-refractivity contribution in [2.24, 2.45) is 0 Å². The first-order chi connectivity index (χ1) is 10.6. The number of hydrogen-bond donors (Lipinski definition) is 3. The molecule has 0 fully saturated rings. The lowest BCUT2D eigenvalue weighted by Gasteiger charge is -2.09. The van der Waals surface area contributed by atoms with Crippen molar-refractivity contribution in [1.82, 2.24) is 5.32 Å². The zero-order valence-corrected chi connectivity index (χ0v) is 12.3. The molecule has 0 aliphatic rings. The average molecular weight is 301 g/mol. The second kappa shape index (κ2) is 9.31. The SMILES string of the molecule is CCNC(=O)O.O=C(c1ccccc1)C(O)c1ccccc1. The van der Waals surface area contributed by atoms with Gasteiger partial charge in [0.1, 0.15) is 6.10 Å². The lowest BCUT2D eigenvalue weighted by Crippen LogP contribution is -2.19. The maximum atomic E-state index is 11.9. The van der Waals surface area contributed by atoms with Gasteiger partial charge in [0.2, 0.25) is 0 Å². The van der Waals surface area contributed by atoms with Gasteiger partial charge < -0.3 is 15.5 Å². The van der Waals surface area contributed by atoms with Crippen molar-refractivity contribution in [1.29, 1.82) is 0 Å². The van der Waals surface area contributed by atoms with Crippen molar-refractivity contribution in [2.75, 3.05) is 6.54 Å². The number of carbonyl (C=O) groups is 2. The topological polar surface area (TPSA) is 86.6 Å². The quantitative estimate of drug-likeness (QED) is 0.758. The molecule has 0 saturated heterocycles. The third kappa shape index (κ3) is 5.76. The number of ketones is 1. The Morgan fingerprint density at radius 1 is 1.00 bits per heavy atom. The molecule has 0 radical (unpaired) electrons. The molecule has 5 heteroatoms. The van der Waals surface area contributed by atoms with E-state index in [1.807, 2.05) is 12.1 Å². The minimum atomic E-state index is -1.08. The first kappa shape index (κ1) is 17.4. The van der Waals surface area contributed by atoms with Gasteiger partial charge in [-0.05, 0) is 12.5 Å². The first-order valence-electron chi connectivity index (χ1n) is 6.85. The number of carboxylic acid groups (broad SMARTS) is 1. The standard InChI is InChI=1S/C14H12O2.C3H7NO2/c15-13(11-7-3-1-4-8-11)14(16)12-9-5-2-6-10-12;1-2-4-3(5)6/h1-10,13,15H;4H,2H2,1H3,(H,5,6). The highest BCUT2D eigenvalue weighted by Gasteiger charge is 2.18. The number of Topliss-reactive ketones (excluding diaryl/α,β-unsaturated/α-hetero) is 1. The molecule has 5 nitrogen and oxygen atoms in total. The van der Waals surface area contributed by atoms with Crippen LogP contribution in [0.25, 0.3) is 0 Å². The number of aliphatic hydroxyl groups is 1. The average Bonchev–Trinajstić information content (AvgIpc) is 2.55. The van der Waals surface area contributed by atoms with Gasteiger partial charge in [-0.3, -0.25) is 4.79 Å². The van der Waals surface area contributed by atoms with Crippen molar-refractivity contribution in [3.8, 4) is 0 Å². The predicted molar refractivity (Wildman–Crippen MR) is 83.9 cm³/mol. The molecular weight excluding hydrogens is 282 g/mol. The lowest BCUT2D eigenvalue weighted by molar-refractivity contribution is 0.0747. The van der Waals surface area contributed by atoms with Gasteiger partial charge in [-0.2, -0.15) is 0 Å². The van der Waals surface area contributed by atoms with E-state index in [1.165, 1.54) is 0 Å². The molecule has 0 aromatic heterocycles. The van der Waals surface area contributed by atoms with Gasteiger partial charge in [0.05, 0.1) is 0 Å². The van der Waals surface area contributed by atoms with Gasteiger partial charge in [0, 0.05) is 12.1 Å². The highest BCUT2D eigenvalue weighted by molar-refractivity contribution is 5.99. The number of rotatable bonds is 4. The Bertz CT molecular complexity index is 584. The Kier molecular flexibility index (Phi) is 7.36. The van der Waals surface area contributed by atoms with Crippen molar-refractivity contribution < 1.29 is 19.8 Å². The number of nitrogens with one attached hydrogen (secondary N) is 1. The van der Waals surface area contributed by atoms with Crippen LogP contribution in [0.2, 0.25) is 0 Å². The Hall–Kier alpha value is -2.66. The van der Waals surface area contributed by atoms with Crippen LogP contribution in [0.15, 0.2) is 60.7 Å². The van der Waals surface area contributed by atoms with Gasteiger partial charge >= 0.3 is 6.09 Å². The number of aliphatic hydroxyl groups excluding tert-OH is 1. The fraction of sp³-hybridized carbons (Fsp3) is 0.176. The summed E-state index contributed by atoms with van der Waals surface area (Å²) in [7, 11) is 0. The molecule has 116 valence electrons. The maximum absolute atomic E-state index is 11.9. The molecule has 0 bridgehead atoms. The van der Waals surface area contributed by atoms with Crippen LogP contribution < -0.4 is 5.32 Å². The molecule has 0 aliphatic heterocycles. The van der Waals surface area contributed by atoms with E-state index in [9.17, 15) is 14.7 Å². The number of benzene rings is 2. The summed E-state index contributed by atoms with van der Waals surface area (Å²) in [5.41, 5.74) is 1.15. The van der Waals surface area contributed by atoms with E-state index in [2.05, 4.69) is 5.32 Å². The van der Waals surface area contributed by atoms with Gasteiger partial charge in [0.15, 0.2) is 5.78 Å². The molecule has 1 amide bonds. The van der Waals surface area contributed by atoms with Crippen LogP contribution in [-0.4, -0.2) is 28.6 Å². The van der Waals surface area contributed by atoms with Crippen LogP contribution in [0.5, 0.6) is 0 Å². The third-order valence-electron chi connectivity index (χ3n) is 2.75. The van der Waals surface area contributed by atoms with Crippen molar-refractivity contribution in [3.63, 3.8) is 0 Å². The minimum Gasteiger partial charge on any atom is -0.465 e. The molecule has 1 atom stereocenters. The molecule has 2 rings (SSSR count). The molecule has 22 heavy (non-hydrogen) atoms. The van der Waals surface area contributed by atoms with Crippen LogP contribution in [-0.2, 0) is 0 Å². The summed E-state index contributed by atoms with van der Waals surface area (Å²) in [6.07, 6.45) is -2.04. The fourth-order valence-electron chi connectivity index (χ4n) is 1.70. The Labute approximate surface area is 129 Å². The smallest absolute Gasteiger partial charge is 0.404 e. The Morgan fingerprint density at radius 2 is 1.50 bits per heavy atom. The highest BCUT2D eigenvalue weighted by atomic mass is 16.4. The van der Waals surface area contributed by atoms with E-state index < -0.39 is 12.2 Å². The second-order valence-corrected chi connectivity index (χ2v) is 4.38. The second-order valence-electron chi connectivity index (χ2n) is 4.38.